The van der Waals surface area contributed by atoms with Crippen LogP contribution in [0.3, 0.4) is 0 Å². The van der Waals surface area contributed by atoms with Gasteiger partial charge >= 0.3 is 0 Å². The van der Waals surface area contributed by atoms with Crippen molar-refractivity contribution in [1.29, 1.82) is 0 Å². The third-order valence-corrected chi connectivity index (χ3v) is 6.65. The van der Waals surface area contributed by atoms with Gasteiger partial charge in [0, 0.05) is 17.2 Å². The van der Waals surface area contributed by atoms with Gasteiger partial charge < -0.3 is 9.47 Å². The molecular formula is C20H20O2. The molecule has 1 spiro atoms. The second kappa shape index (κ2) is 3.79. The number of hydrogen-bond donors (Lipinski definition) is 0. The summed E-state index contributed by atoms with van der Waals surface area (Å²) in [5.74, 6) is 4.66. The Hall–Kier alpha value is -1.70. The predicted octanol–water partition coefficient (Wildman–Crippen LogP) is 4.76. The van der Waals surface area contributed by atoms with Crippen LogP contribution >= 0.6 is 0 Å². The van der Waals surface area contributed by atoms with Gasteiger partial charge in [-0.15, -0.1) is 0 Å². The zero-order valence-corrected chi connectivity index (χ0v) is 12.6. The van der Waals surface area contributed by atoms with E-state index >= 15 is 0 Å². The molecule has 2 nitrogen and oxygen atoms in total. The van der Waals surface area contributed by atoms with E-state index < -0.39 is 0 Å². The van der Waals surface area contributed by atoms with Crippen molar-refractivity contribution >= 4 is 10.8 Å². The van der Waals surface area contributed by atoms with E-state index in [9.17, 15) is 0 Å². The SMILES string of the molecule is c1ccc2c3c(ccc2c1)OC1(O3)C2CC3CC(C2)CC1C3. The molecule has 0 saturated heterocycles. The fourth-order valence-corrected chi connectivity index (χ4v) is 5.94. The number of ether oxygens (including phenoxy) is 2. The fraction of sp³-hybridized carbons (Fsp3) is 0.500. The third-order valence-electron chi connectivity index (χ3n) is 6.65. The molecule has 4 fully saturated rings. The molecule has 0 N–H and O–H groups in total. The van der Waals surface area contributed by atoms with Crippen LogP contribution in [-0.2, 0) is 0 Å². The first-order chi connectivity index (χ1) is 10.8. The minimum atomic E-state index is -0.347. The van der Waals surface area contributed by atoms with Crippen molar-refractivity contribution in [3.63, 3.8) is 0 Å². The van der Waals surface area contributed by atoms with E-state index in [1.807, 2.05) is 0 Å². The monoisotopic (exact) mass is 292 g/mol. The summed E-state index contributed by atoms with van der Waals surface area (Å²) in [7, 11) is 0. The first-order valence-corrected chi connectivity index (χ1v) is 8.71. The Bertz CT molecular complexity index is 750. The molecule has 0 amide bonds. The largest absolute Gasteiger partial charge is 0.448 e. The van der Waals surface area contributed by atoms with Gasteiger partial charge in [-0.25, -0.2) is 0 Å². The summed E-state index contributed by atoms with van der Waals surface area (Å²) in [4.78, 5) is 0. The average molecular weight is 292 g/mol. The van der Waals surface area contributed by atoms with Gasteiger partial charge in [0.15, 0.2) is 11.5 Å². The molecule has 2 heteroatoms. The Balaban J connectivity index is 1.50. The molecule has 112 valence electrons. The van der Waals surface area contributed by atoms with Crippen LogP contribution in [0.2, 0.25) is 0 Å². The predicted molar refractivity (Wildman–Crippen MR) is 85.0 cm³/mol. The van der Waals surface area contributed by atoms with E-state index in [2.05, 4.69) is 36.4 Å². The van der Waals surface area contributed by atoms with Gasteiger partial charge in [-0.05, 0) is 55.4 Å². The van der Waals surface area contributed by atoms with Crippen molar-refractivity contribution in [2.24, 2.45) is 23.7 Å². The Kier molecular flexibility index (Phi) is 2.03. The first-order valence-electron chi connectivity index (χ1n) is 8.71. The van der Waals surface area contributed by atoms with Crippen LogP contribution in [0.15, 0.2) is 36.4 Å². The molecule has 2 aromatic rings. The number of benzene rings is 2. The van der Waals surface area contributed by atoms with Gasteiger partial charge in [0.1, 0.15) is 0 Å². The van der Waals surface area contributed by atoms with Crippen molar-refractivity contribution in [3.05, 3.63) is 36.4 Å². The Morgan fingerprint density at radius 1 is 0.773 bits per heavy atom. The number of hydrogen-bond acceptors (Lipinski definition) is 2. The van der Waals surface area contributed by atoms with E-state index in [0.29, 0.717) is 11.8 Å². The van der Waals surface area contributed by atoms with Crippen LogP contribution in [-0.4, -0.2) is 5.79 Å². The molecule has 4 bridgehead atoms. The van der Waals surface area contributed by atoms with E-state index in [-0.39, 0.29) is 5.79 Å². The second-order valence-electron chi connectivity index (χ2n) is 7.84. The molecule has 1 aliphatic heterocycles. The van der Waals surface area contributed by atoms with Crippen LogP contribution in [0.25, 0.3) is 10.8 Å². The molecular weight excluding hydrogens is 272 g/mol. The molecule has 2 aromatic carbocycles. The zero-order chi connectivity index (χ0) is 14.3. The van der Waals surface area contributed by atoms with Crippen molar-refractivity contribution in [1.82, 2.24) is 0 Å². The molecule has 22 heavy (non-hydrogen) atoms. The lowest BCUT2D eigenvalue weighted by Crippen LogP contribution is -2.62. The maximum absolute atomic E-state index is 6.66. The van der Waals surface area contributed by atoms with Gasteiger partial charge in [0.2, 0.25) is 0 Å². The highest BCUT2D eigenvalue weighted by atomic mass is 16.7. The minimum absolute atomic E-state index is 0.347. The van der Waals surface area contributed by atoms with Gasteiger partial charge in [-0.1, -0.05) is 30.3 Å². The molecule has 0 unspecified atom stereocenters. The standard InChI is InChI=1S/C20H20O2/c1-2-4-17-14(3-1)5-6-18-19(17)22-20(21-18)15-8-12-7-13(10-15)11-16(20)9-12/h1-6,12-13,15-16H,7-11H2. The lowest BCUT2D eigenvalue weighted by atomic mass is 9.53. The topological polar surface area (TPSA) is 18.5 Å². The Morgan fingerprint density at radius 3 is 2.27 bits per heavy atom. The van der Waals surface area contributed by atoms with E-state index in [0.717, 1.165) is 23.3 Å². The van der Waals surface area contributed by atoms with Gasteiger partial charge in [0.05, 0.1) is 0 Å². The lowest BCUT2D eigenvalue weighted by Gasteiger charge is -2.57. The molecule has 7 rings (SSSR count). The lowest BCUT2D eigenvalue weighted by molar-refractivity contribution is -0.241. The first kappa shape index (κ1) is 11.8. The van der Waals surface area contributed by atoms with Crippen molar-refractivity contribution in [2.45, 2.75) is 37.9 Å². The van der Waals surface area contributed by atoms with Gasteiger partial charge in [-0.3, -0.25) is 0 Å². The molecule has 5 aliphatic rings. The van der Waals surface area contributed by atoms with Crippen LogP contribution in [0.5, 0.6) is 11.5 Å². The van der Waals surface area contributed by atoms with Crippen molar-refractivity contribution < 1.29 is 9.47 Å². The minimum Gasteiger partial charge on any atom is -0.448 e. The second-order valence-corrected chi connectivity index (χ2v) is 7.84. The number of fused-ring (bicyclic) bond motifs is 3. The summed E-state index contributed by atoms with van der Waals surface area (Å²) in [6, 6.07) is 12.8. The summed E-state index contributed by atoms with van der Waals surface area (Å²) in [6.07, 6.45) is 6.68. The number of rotatable bonds is 0. The van der Waals surface area contributed by atoms with E-state index in [1.54, 1.807) is 0 Å². The van der Waals surface area contributed by atoms with Gasteiger partial charge in [-0.2, -0.15) is 0 Å². The van der Waals surface area contributed by atoms with Crippen molar-refractivity contribution in [2.75, 3.05) is 0 Å². The van der Waals surface area contributed by atoms with Crippen LogP contribution < -0.4 is 9.47 Å². The van der Waals surface area contributed by atoms with E-state index in [1.165, 1.54) is 42.9 Å². The molecule has 1 heterocycles. The summed E-state index contributed by atoms with van der Waals surface area (Å²) in [6.45, 7) is 0. The summed E-state index contributed by atoms with van der Waals surface area (Å²) < 4.78 is 13.2. The Labute approximate surface area is 130 Å². The van der Waals surface area contributed by atoms with Crippen molar-refractivity contribution in [3.8, 4) is 11.5 Å². The zero-order valence-electron chi connectivity index (χ0n) is 12.6. The molecule has 0 atom stereocenters. The molecule has 0 radical (unpaired) electrons. The summed E-state index contributed by atoms with van der Waals surface area (Å²) >= 11 is 0. The molecule has 0 aromatic heterocycles. The highest BCUT2D eigenvalue weighted by Crippen LogP contribution is 2.63. The van der Waals surface area contributed by atoms with Crippen LogP contribution in [0.4, 0.5) is 0 Å². The van der Waals surface area contributed by atoms with Crippen LogP contribution in [0.1, 0.15) is 32.1 Å². The normalized spacial score (nSPS) is 40.7. The average Bonchev–Trinajstić information content (AvgIpc) is 2.93. The maximum atomic E-state index is 6.66. The fourth-order valence-electron chi connectivity index (χ4n) is 5.94. The van der Waals surface area contributed by atoms with E-state index in [4.69, 9.17) is 9.47 Å². The quantitative estimate of drug-likeness (QED) is 0.696. The van der Waals surface area contributed by atoms with Gasteiger partial charge in [0.25, 0.3) is 5.79 Å². The highest BCUT2D eigenvalue weighted by Gasteiger charge is 2.63. The molecule has 4 saturated carbocycles. The summed E-state index contributed by atoms with van der Waals surface area (Å²) in [5.41, 5.74) is 0. The highest BCUT2D eigenvalue weighted by molar-refractivity contribution is 5.91. The smallest absolute Gasteiger partial charge is 0.257 e. The summed E-state index contributed by atoms with van der Waals surface area (Å²) in [5, 5.41) is 2.44. The maximum Gasteiger partial charge on any atom is 0.257 e. The third kappa shape index (κ3) is 1.32. The molecule has 4 aliphatic carbocycles. The van der Waals surface area contributed by atoms with Crippen LogP contribution in [0, 0.1) is 23.7 Å². The Morgan fingerprint density at radius 2 is 1.50 bits per heavy atom.